The van der Waals surface area contributed by atoms with Crippen LogP contribution in [0, 0.1) is 23.2 Å². The van der Waals surface area contributed by atoms with Crippen molar-refractivity contribution in [2.45, 2.75) is 18.8 Å². The molecule has 4 rings (SSSR count). The van der Waals surface area contributed by atoms with Gasteiger partial charge in [-0.05, 0) is 11.5 Å². The van der Waals surface area contributed by atoms with Gasteiger partial charge in [0, 0.05) is 24.7 Å². The quantitative estimate of drug-likeness (QED) is 0.808. The average molecular weight is 227 g/mol. The van der Waals surface area contributed by atoms with E-state index in [4.69, 9.17) is 5.26 Å². The fraction of sp³-hybridized carbons (Fsp3) is 0.533. The Hall–Kier alpha value is -1.33. The van der Waals surface area contributed by atoms with Crippen molar-refractivity contribution in [3.05, 3.63) is 35.9 Å². The first-order chi connectivity index (χ1) is 8.38. The predicted octanol–water partition coefficient (Wildman–Crippen LogP) is 1.22. The Morgan fingerprint density at radius 1 is 1.24 bits per heavy atom. The molecule has 0 saturated carbocycles. The van der Waals surface area contributed by atoms with Crippen LogP contribution in [0.4, 0.5) is 0 Å². The summed E-state index contributed by atoms with van der Waals surface area (Å²) in [5.74, 6) is 2.06. The summed E-state index contributed by atoms with van der Waals surface area (Å²) >= 11 is 0. The monoisotopic (exact) mass is 227 g/mol. The Labute approximate surface area is 103 Å². The van der Waals surface area contributed by atoms with Crippen molar-refractivity contribution in [2.75, 3.05) is 19.6 Å². The van der Waals surface area contributed by atoms with Gasteiger partial charge in [-0.3, -0.25) is 0 Å². The first kappa shape index (κ1) is 10.8. The summed E-state index contributed by atoms with van der Waals surface area (Å²) in [5, 5.41) is 8.94. The summed E-state index contributed by atoms with van der Waals surface area (Å²) in [4.78, 5) is 1.71. The zero-order chi connectivity index (χ0) is 11.7. The van der Waals surface area contributed by atoms with Gasteiger partial charge in [0.1, 0.15) is 0 Å². The van der Waals surface area contributed by atoms with Crippen LogP contribution in [-0.2, 0) is 0 Å². The largest absolute Gasteiger partial charge is 0.334 e. The molecule has 3 fully saturated rings. The van der Waals surface area contributed by atoms with Crippen LogP contribution in [0.25, 0.3) is 0 Å². The number of nitriles is 1. The van der Waals surface area contributed by atoms with Crippen molar-refractivity contribution >= 4 is 0 Å². The summed E-state index contributed by atoms with van der Waals surface area (Å²) < 4.78 is 0. The average Bonchev–Trinajstić information content (AvgIpc) is 2.41. The third-order valence-electron chi connectivity index (χ3n) is 4.59. The minimum absolute atomic E-state index is 0.628. The highest BCUT2D eigenvalue weighted by Gasteiger charge is 2.44. The molecular formula is C15H19N2+. The van der Waals surface area contributed by atoms with Gasteiger partial charge in [-0.2, -0.15) is 5.26 Å². The minimum Gasteiger partial charge on any atom is -0.334 e. The van der Waals surface area contributed by atoms with Gasteiger partial charge >= 0.3 is 0 Å². The fourth-order valence-electron chi connectivity index (χ4n) is 3.81. The Kier molecular flexibility index (Phi) is 2.86. The van der Waals surface area contributed by atoms with Gasteiger partial charge in [0.25, 0.3) is 0 Å². The highest BCUT2D eigenvalue weighted by Crippen LogP contribution is 2.37. The van der Waals surface area contributed by atoms with Crippen LogP contribution in [0.15, 0.2) is 30.3 Å². The van der Waals surface area contributed by atoms with Crippen LogP contribution in [0.3, 0.4) is 0 Å². The molecule has 3 saturated heterocycles. The van der Waals surface area contributed by atoms with Gasteiger partial charge in [-0.1, -0.05) is 30.3 Å². The maximum absolute atomic E-state index is 8.94. The summed E-state index contributed by atoms with van der Waals surface area (Å²) in [5.41, 5.74) is 1.48. The summed E-state index contributed by atoms with van der Waals surface area (Å²) in [7, 11) is 0. The number of hydrogen-bond donors (Lipinski definition) is 1. The highest BCUT2D eigenvalue weighted by molar-refractivity contribution is 5.21. The number of piperidine rings is 3. The molecule has 1 aromatic carbocycles. The lowest BCUT2D eigenvalue weighted by molar-refractivity contribution is -0.923. The van der Waals surface area contributed by atoms with Crippen molar-refractivity contribution in [1.29, 1.82) is 5.26 Å². The SMILES string of the molecule is N#CC[C@@H]1C[NH+]2CC[C@H]1[C@H](c1ccccc1)C2. The standard InChI is InChI=1S/C15H18N2/c16-8-6-13-10-17-9-7-14(13)15(11-17)12-4-2-1-3-5-12/h1-5,13-15H,6-7,9-11H2/p+1/t13-,14-,15+/m1/s1. The molecule has 2 nitrogen and oxygen atoms in total. The van der Waals surface area contributed by atoms with Crippen molar-refractivity contribution in [3.8, 4) is 6.07 Å². The molecule has 3 heterocycles. The van der Waals surface area contributed by atoms with Crippen LogP contribution in [0.1, 0.15) is 24.3 Å². The second kappa shape index (κ2) is 4.50. The van der Waals surface area contributed by atoms with Crippen molar-refractivity contribution in [1.82, 2.24) is 0 Å². The molecule has 17 heavy (non-hydrogen) atoms. The van der Waals surface area contributed by atoms with Crippen molar-refractivity contribution in [2.24, 2.45) is 11.8 Å². The molecule has 1 N–H and O–H groups in total. The molecule has 2 heteroatoms. The minimum atomic E-state index is 0.628. The first-order valence-electron chi connectivity index (χ1n) is 6.64. The lowest BCUT2D eigenvalue weighted by Gasteiger charge is -2.46. The van der Waals surface area contributed by atoms with Crippen LogP contribution >= 0.6 is 0 Å². The molecule has 88 valence electrons. The van der Waals surface area contributed by atoms with Gasteiger partial charge < -0.3 is 4.90 Å². The molecular weight excluding hydrogens is 208 g/mol. The van der Waals surface area contributed by atoms with E-state index in [9.17, 15) is 0 Å². The van der Waals surface area contributed by atoms with Crippen molar-refractivity contribution in [3.63, 3.8) is 0 Å². The molecule has 0 aliphatic carbocycles. The zero-order valence-electron chi connectivity index (χ0n) is 10.1. The fourth-order valence-corrected chi connectivity index (χ4v) is 3.81. The Bertz CT molecular complexity index is 420. The predicted molar refractivity (Wildman–Crippen MR) is 66.6 cm³/mol. The van der Waals surface area contributed by atoms with E-state index in [2.05, 4.69) is 36.4 Å². The molecule has 3 aliphatic rings. The van der Waals surface area contributed by atoms with Crippen LogP contribution in [0.5, 0.6) is 0 Å². The number of benzene rings is 1. The molecule has 4 atom stereocenters. The second-order valence-corrected chi connectivity index (χ2v) is 5.50. The van der Waals surface area contributed by atoms with E-state index in [1.807, 2.05) is 0 Å². The summed E-state index contributed by atoms with van der Waals surface area (Å²) in [6.07, 6.45) is 2.05. The third-order valence-corrected chi connectivity index (χ3v) is 4.59. The van der Waals surface area contributed by atoms with E-state index >= 15 is 0 Å². The lowest BCUT2D eigenvalue weighted by Crippen LogP contribution is -3.16. The second-order valence-electron chi connectivity index (χ2n) is 5.50. The van der Waals surface area contributed by atoms with Gasteiger partial charge in [-0.25, -0.2) is 0 Å². The summed E-state index contributed by atoms with van der Waals surface area (Å²) in [6, 6.07) is 13.3. The molecule has 1 unspecified atom stereocenters. The molecule has 2 bridgehead atoms. The third kappa shape index (κ3) is 1.96. The highest BCUT2D eigenvalue weighted by atomic mass is 15.2. The van der Waals surface area contributed by atoms with E-state index < -0.39 is 0 Å². The number of nitrogens with zero attached hydrogens (tertiary/aromatic N) is 1. The van der Waals surface area contributed by atoms with Crippen LogP contribution in [0.2, 0.25) is 0 Å². The number of nitrogens with one attached hydrogen (secondary N) is 1. The van der Waals surface area contributed by atoms with Crippen molar-refractivity contribution < 1.29 is 4.90 Å². The lowest BCUT2D eigenvalue weighted by atomic mass is 9.69. The number of hydrogen-bond acceptors (Lipinski definition) is 1. The molecule has 3 aliphatic heterocycles. The van der Waals surface area contributed by atoms with E-state index in [1.165, 1.54) is 31.6 Å². The molecule has 0 aromatic heterocycles. The van der Waals surface area contributed by atoms with Gasteiger partial charge in [0.05, 0.1) is 25.7 Å². The molecule has 0 spiro atoms. The van der Waals surface area contributed by atoms with Gasteiger partial charge in [0.15, 0.2) is 0 Å². The zero-order valence-corrected chi connectivity index (χ0v) is 10.1. The topological polar surface area (TPSA) is 28.2 Å². The summed E-state index contributed by atoms with van der Waals surface area (Å²) in [6.45, 7) is 3.81. The molecule has 0 amide bonds. The van der Waals surface area contributed by atoms with E-state index in [-0.39, 0.29) is 0 Å². The van der Waals surface area contributed by atoms with E-state index in [0.717, 1.165) is 12.3 Å². The number of rotatable bonds is 2. The Morgan fingerprint density at radius 3 is 2.76 bits per heavy atom. The normalized spacial score (nSPS) is 35.5. The van der Waals surface area contributed by atoms with Gasteiger partial charge in [0.2, 0.25) is 0 Å². The number of quaternary nitrogens is 1. The van der Waals surface area contributed by atoms with Crippen LogP contribution in [-0.4, -0.2) is 19.6 Å². The van der Waals surface area contributed by atoms with E-state index in [0.29, 0.717) is 11.8 Å². The smallest absolute Gasteiger partial charge is 0.0843 e. The van der Waals surface area contributed by atoms with Crippen LogP contribution < -0.4 is 4.90 Å². The van der Waals surface area contributed by atoms with Gasteiger partial charge in [-0.15, -0.1) is 0 Å². The maximum Gasteiger partial charge on any atom is 0.0843 e. The molecule has 1 aromatic rings. The Morgan fingerprint density at radius 2 is 2.06 bits per heavy atom. The number of fused-ring (bicyclic) bond motifs is 3. The first-order valence-corrected chi connectivity index (χ1v) is 6.64. The maximum atomic E-state index is 8.94. The Balaban J connectivity index is 1.85. The molecule has 0 radical (unpaired) electrons. The van der Waals surface area contributed by atoms with E-state index in [1.54, 1.807) is 4.90 Å².